The Morgan fingerprint density at radius 3 is 2.89 bits per heavy atom. The standard InChI is InChI=1S/C12H16ClN5S/c1-14-8-2-5-18(6-3-8)12-15-11(16-17-12)10-9(13)4-7-19-10/h4,7-8,14H,2-3,5-6H2,1H3,(H,15,16,17). The van der Waals surface area contributed by atoms with Gasteiger partial charge in [0.15, 0.2) is 5.82 Å². The van der Waals surface area contributed by atoms with Gasteiger partial charge in [-0.15, -0.1) is 16.4 Å². The van der Waals surface area contributed by atoms with Gasteiger partial charge in [-0.05, 0) is 31.3 Å². The maximum Gasteiger partial charge on any atom is 0.245 e. The normalized spacial score (nSPS) is 17.1. The van der Waals surface area contributed by atoms with Crippen molar-refractivity contribution in [3.63, 3.8) is 0 Å². The molecule has 1 aliphatic heterocycles. The van der Waals surface area contributed by atoms with Gasteiger partial charge < -0.3 is 10.2 Å². The van der Waals surface area contributed by atoms with Crippen molar-refractivity contribution < 1.29 is 0 Å². The van der Waals surface area contributed by atoms with E-state index in [4.69, 9.17) is 11.6 Å². The van der Waals surface area contributed by atoms with E-state index >= 15 is 0 Å². The van der Waals surface area contributed by atoms with E-state index in [2.05, 4.69) is 25.4 Å². The number of hydrogen-bond acceptors (Lipinski definition) is 5. The van der Waals surface area contributed by atoms with Gasteiger partial charge in [0.2, 0.25) is 5.95 Å². The highest BCUT2D eigenvalue weighted by Crippen LogP contribution is 2.31. The van der Waals surface area contributed by atoms with Crippen molar-refractivity contribution in [3.8, 4) is 10.7 Å². The molecule has 2 N–H and O–H groups in total. The molecule has 2 aromatic rings. The average Bonchev–Trinajstić information content (AvgIpc) is 3.07. The van der Waals surface area contributed by atoms with E-state index < -0.39 is 0 Å². The van der Waals surface area contributed by atoms with E-state index in [1.165, 1.54) is 0 Å². The van der Waals surface area contributed by atoms with Gasteiger partial charge in [0.1, 0.15) is 0 Å². The van der Waals surface area contributed by atoms with Gasteiger partial charge in [0, 0.05) is 19.1 Å². The maximum absolute atomic E-state index is 6.11. The number of piperidine rings is 1. The molecule has 19 heavy (non-hydrogen) atoms. The molecule has 0 amide bonds. The Kier molecular flexibility index (Phi) is 3.72. The number of hydrogen-bond donors (Lipinski definition) is 2. The first kappa shape index (κ1) is 12.9. The van der Waals surface area contributed by atoms with Crippen LogP contribution in [0.3, 0.4) is 0 Å². The number of thiophene rings is 1. The van der Waals surface area contributed by atoms with Crippen LogP contribution in [0.5, 0.6) is 0 Å². The zero-order valence-corrected chi connectivity index (χ0v) is 12.3. The highest BCUT2D eigenvalue weighted by molar-refractivity contribution is 7.14. The second-order valence-electron chi connectivity index (χ2n) is 4.63. The summed E-state index contributed by atoms with van der Waals surface area (Å²) in [4.78, 5) is 7.72. The minimum atomic E-state index is 0.612. The first-order chi connectivity index (χ1) is 9.28. The van der Waals surface area contributed by atoms with Crippen molar-refractivity contribution in [1.82, 2.24) is 20.5 Å². The Morgan fingerprint density at radius 2 is 2.26 bits per heavy atom. The molecular weight excluding hydrogens is 282 g/mol. The van der Waals surface area contributed by atoms with E-state index in [1.54, 1.807) is 11.3 Å². The second-order valence-corrected chi connectivity index (χ2v) is 5.95. The monoisotopic (exact) mass is 297 g/mol. The fourth-order valence-corrected chi connectivity index (χ4v) is 3.41. The van der Waals surface area contributed by atoms with Crippen molar-refractivity contribution in [1.29, 1.82) is 0 Å². The van der Waals surface area contributed by atoms with Crippen molar-refractivity contribution in [2.45, 2.75) is 18.9 Å². The predicted octanol–water partition coefficient (Wildman–Crippen LogP) is 2.37. The van der Waals surface area contributed by atoms with Crippen molar-refractivity contribution >= 4 is 28.9 Å². The van der Waals surface area contributed by atoms with E-state index in [0.717, 1.165) is 47.6 Å². The molecule has 2 aromatic heterocycles. The van der Waals surface area contributed by atoms with Crippen LogP contribution in [0.2, 0.25) is 5.02 Å². The molecule has 3 heterocycles. The first-order valence-electron chi connectivity index (χ1n) is 6.36. The third-order valence-electron chi connectivity index (χ3n) is 3.49. The van der Waals surface area contributed by atoms with Gasteiger partial charge in [0.25, 0.3) is 0 Å². The van der Waals surface area contributed by atoms with Crippen LogP contribution in [0.4, 0.5) is 5.95 Å². The van der Waals surface area contributed by atoms with Crippen LogP contribution in [0.1, 0.15) is 12.8 Å². The summed E-state index contributed by atoms with van der Waals surface area (Å²) in [5, 5.41) is 13.3. The fourth-order valence-electron chi connectivity index (χ4n) is 2.33. The molecule has 3 rings (SSSR count). The van der Waals surface area contributed by atoms with E-state index in [0.29, 0.717) is 6.04 Å². The molecule has 1 aliphatic rings. The Labute approximate surface area is 121 Å². The highest BCUT2D eigenvalue weighted by atomic mass is 35.5. The predicted molar refractivity (Wildman–Crippen MR) is 79.0 cm³/mol. The van der Waals surface area contributed by atoms with Gasteiger partial charge in [-0.25, -0.2) is 0 Å². The minimum absolute atomic E-state index is 0.612. The third-order valence-corrected chi connectivity index (χ3v) is 4.84. The molecule has 0 aromatic carbocycles. The number of rotatable bonds is 3. The lowest BCUT2D eigenvalue weighted by atomic mass is 10.1. The first-order valence-corrected chi connectivity index (χ1v) is 7.61. The quantitative estimate of drug-likeness (QED) is 0.913. The number of nitrogens with one attached hydrogen (secondary N) is 2. The average molecular weight is 298 g/mol. The van der Waals surface area contributed by atoms with E-state index in [9.17, 15) is 0 Å². The summed E-state index contributed by atoms with van der Waals surface area (Å²) in [7, 11) is 2.02. The lowest BCUT2D eigenvalue weighted by molar-refractivity contribution is 0.439. The second kappa shape index (κ2) is 5.48. The van der Waals surface area contributed by atoms with Crippen molar-refractivity contribution in [2.24, 2.45) is 0 Å². The summed E-state index contributed by atoms with van der Waals surface area (Å²) in [5.74, 6) is 1.53. The number of nitrogens with zero attached hydrogens (tertiary/aromatic N) is 3. The highest BCUT2D eigenvalue weighted by Gasteiger charge is 2.21. The van der Waals surface area contributed by atoms with Gasteiger partial charge in [-0.2, -0.15) is 4.98 Å². The van der Waals surface area contributed by atoms with E-state index in [-0.39, 0.29) is 0 Å². The number of aromatic nitrogens is 3. The largest absolute Gasteiger partial charge is 0.339 e. The number of halogens is 1. The Hall–Kier alpha value is -1.11. The Bertz CT molecular complexity index is 544. The minimum Gasteiger partial charge on any atom is -0.339 e. The number of anilines is 1. The Balaban J connectivity index is 1.74. The summed E-state index contributed by atoms with van der Waals surface area (Å²) in [6, 6.07) is 2.49. The molecule has 5 nitrogen and oxygen atoms in total. The van der Waals surface area contributed by atoms with Crippen LogP contribution in [0.15, 0.2) is 11.4 Å². The SMILES string of the molecule is CNC1CCN(c2n[nH]c(-c3sccc3Cl)n2)CC1. The number of aromatic amines is 1. The van der Waals surface area contributed by atoms with Crippen LogP contribution in [0.25, 0.3) is 10.7 Å². The lowest BCUT2D eigenvalue weighted by Crippen LogP contribution is -2.41. The molecule has 0 spiro atoms. The van der Waals surface area contributed by atoms with Crippen LogP contribution >= 0.6 is 22.9 Å². The Morgan fingerprint density at radius 1 is 1.47 bits per heavy atom. The van der Waals surface area contributed by atoms with Crippen LogP contribution in [-0.2, 0) is 0 Å². The molecular formula is C12H16ClN5S. The van der Waals surface area contributed by atoms with Gasteiger partial charge in [-0.3, -0.25) is 5.10 Å². The molecule has 0 aliphatic carbocycles. The van der Waals surface area contributed by atoms with Gasteiger partial charge in [-0.1, -0.05) is 11.6 Å². The molecule has 0 bridgehead atoms. The van der Waals surface area contributed by atoms with Gasteiger partial charge >= 0.3 is 0 Å². The molecule has 0 radical (unpaired) electrons. The summed E-state index contributed by atoms with van der Waals surface area (Å²) in [6.45, 7) is 1.97. The smallest absolute Gasteiger partial charge is 0.245 e. The zero-order valence-electron chi connectivity index (χ0n) is 10.7. The summed E-state index contributed by atoms with van der Waals surface area (Å²) >= 11 is 7.68. The molecule has 7 heteroatoms. The van der Waals surface area contributed by atoms with Crippen molar-refractivity contribution in [3.05, 3.63) is 16.5 Å². The molecule has 1 saturated heterocycles. The van der Waals surface area contributed by atoms with E-state index in [1.807, 2.05) is 18.5 Å². The number of H-pyrrole nitrogens is 1. The molecule has 1 fully saturated rings. The summed E-state index contributed by atoms with van der Waals surface area (Å²) < 4.78 is 0. The fraction of sp³-hybridized carbons (Fsp3) is 0.500. The molecule has 0 unspecified atom stereocenters. The van der Waals surface area contributed by atoms with Crippen LogP contribution in [0, 0.1) is 0 Å². The van der Waals surface area contributed by atoms with Crippen LogP contribution < -0.4 is 10.2 Å². The molecule has 0 atom stereocenters. The summed E-state index contributed by atoms with van der Waals surface area (Å²) in [6.07, 6.45) is 2.25. The maximum atomic E-state index is 6.11. The van der Waals surface area contributed by atoms with Crippen LogP contribution in [-0.4, -0.2) is 41.4 Å². The lowest BCUT2D eigenvalue weighted by Gasteiger charge is -2.30. The zero-order chi connectivity index (χ0) is 13.2. The summed E-state index contributed by atoms with van der Waals surface area (Å²) in [5.41, 5.74) is 0. The van der Waals surface area contributed by atoms with Gasteiger partial charge in [0.05, 0.1) is 9.90 Å². The molecule has 0 saturated carbocycles. The molecule has 102 valence electrons. The third kappa shape index (κ3) is 2.61. The topological polar surface area (TPSA) is 56.8 Å². The van der Waals surface area contributed by atoms with Crippen molar-refractivity contribution in [2.75, 3.05) is 25.0 Å².